The van der Waals surface area contributed by atoms with E-state index in [0.29, 0.717) is 45.3 Å². The van der Waals surface area contributed by atoms with Gasteiger partial charge in [0.05, 0.1) is 23.4 Å². The Morgan fingerprint density at radius 1 is 0.962 bits per heavy atom. The fraction of sp³-hybridized carbons (Fsp3) is 0.184. The van der Waals surface area contributed by atoms with Crippen molar-refractivity contribution in [2.24, 2.45) is 14.1 Å². The van der Waals surface area contributed by atoms with E-state index >= 15 is 0 Å². The molecule has 3 N–H and O–H groups in total. The second-order valence-corrected chi connectivity index (χ2v) is 12.4. The maximum Gasteiger partial charge on any atom is 0.435 e. The number of nitrogens with zero attached hydrogens (tertiary/aromatic N) is 5. The standard InChI is InChI=1S/C38H29F3N8O4/c1-48-31-18-30(46-34(38(39,40)41)33(31)49(2)37(48)53)25-10-4-8-22-17-29(44-20-26(22)25)23-11-12-27(43-19-23)35(51)42-15-5-7-21-6-3-9-24(16-21)45-28-13-14-32(50)47-36(28)52/h3-4,6,8-12,16-20,28,45H,13-15H2,1-2H3,(H,42,51)(H,47,50,52). The summed E-state index contributed by atoms with van der Waals surface area (Å²) in [5.41, 5.74) is 1.15. The predicted octanol–water partition coefficient (Wildman–Crippen LogP) is 4.57. The number of nitrogens with one attached hydrogen (secondary N) is 3. The van der Waals surface area contributed by atoms with Crippen LogP contribution in [-0.2, 0) is 29.9 Å². The number of alkyl halides is 3. The summed E-state index contributed by atoms with van der Waals surface area (Å²) < 4.78 is 44.5. The van der Waals surface area contributed by atoms with Gasteiger partial charge in [0.1, 0.15) is 17.3 Å². The Labute approximate surface area is 299 Å². The van der Waals surface area contributed by atoms with Gasteiger partial charge in [-0.2, -0.15) is 13.2 Å². The Balaban J connectivity index is 1.04. The van der Waals surface area contributed by atoms with Gasteiger partial charge < -0.3 is 10.6 Å². The van der Waals surface area contributed by atoms with Crippen molar-refractivity contribution >= 4 is 45.2 Å². The normalized spacial score (nSPS) is 14.5. The number of halogens is 3. The van der Waals surface area contributed by atoms with Crippen LogP contribution in [0.1, 0.15) is 34.6 Å². The quantitative estimate of drug-likeness (QED) is 0.167. The van der Waals surface area contributed by atoms with E-state index < -0.39 is 29.5 Å². The smallest absolute Gasteiger partial charge is 0.374 e. The molecule has 12 nitrogen and oxygen atoms in total. The van der Waals surface area contributed by atoms with E-state index in [9.17, 15) is 32.3 Å². The number of imide groups is 1. The average Bonchev–Trinajstić information content (AvgIpc) is 3.36. The van der Waals surface area contributed by atoms with Crippen molar-refractivity contribution in [3.05, 3.63) is 107 Å². The number of piperidine rings is 1. The van der Waals surface area contributed by atoms with E-state index in [0.717, 1.165) is 9.13 Å². The molecule has 15 heteroatoms. The summed E-state index contributed by atoms with van der Waals surface area (Å²) in [7, 11) is 2.70. The topological polar surface area (TPSA) is 153 Å². The van der Waals surface area contributed by atoms with Crippen molar-refractivity contribution in [1.29, 1.82) is 0 Å². The average molecular weight is 719 g/mol. The Kier molecular flexibility index (Phi) is 8.96. The van der Waals surface area contributed by atoms with Gasteiger partial charge in [-0.25, -0.2) is 9.78 Å². The lowest BCUT2D eigenvalue weighted by atomic mass is 10.0. The molecule has 0 radical (unpaired) electrons. The third-order valence-electron chi connectivity index (χ3n) is 8.86. The first-order valence-corrected chi connectivity index (χ1v) is 16.3. The molecule has 1 aliphatic heterocycles. The van der Waals surface area contributed by atoms with E-state index in [1.54, 1.807) is 66.9 Å². The molecule has 3 amide bonds. The molecule has 1 unspecified atom stereocenters. The summed E-state index contributed by atoms with van der Waals surface area (Å²) in [6.45, 7) is 0.0501. The number of carbonyl (C=O) groups is 3. The van der Waals surface area contributed by atoms with Crippen LogP contribution in [0.25, 0.3) is 44.3 Å². The van der Waals surface area contributed by atoms with Crippen LogP contribution in [0, 0.1) is 11.8 Å². The highest BCUT2D eigenvalue weighted by molar-refractivity contribution is 6.01. The van der Waals surface area contributed by atoms with E-state index in [2.05, 4.69) is 42.7 Å². The molecule has 7 rings (SSSR count). The molecule has 0 saturated carbocycles. The number of aryl methyl sites for hydroxylation is 2. The maximum atomic E-state index is 14.1. The van der Waals surface area contributed by atoms with Gasteiger partial charge in [0, 0.05) is 60.7 Å². The zero-order chi connectivity index (χ0) is 37.4. The second-order valence-electron chi connectivity index (χ2n) is 12.4. The molecule has 1 saturated heterocycles. The third kappa shape index (κ3) is 6.94. The molecule has 0 spiro atoms. The number of pyridine rings is 3. The third-order valence-corrected chi connectivity index (χ3v) is 8.86. The van der Waals surface area contributed by atoms with Crippen LogP contribution >= 0.6 is 0 Å². The molecule has 0 aliphatic carbocycles. The number of aromatic nitrogens is 5. The van der Waals surface area contributed by atoms with Gasteiger partial charge in [-0.15, -0.1) is 0 Å². The molecular weight excluding hydrogens is 689 g/mol. The highest BCUT2D eigenvalue weighted by atomic mass is 19.4. The van der Waals surface area contributed by atoms with Gasteiger partial charge >= 0.3 is 11.9 Å². The fourth-order valence-electron chi connectivity index (χ4n) is 6.18. The maximum absolute atomic E-state index is 14.1. The van der Waals surface area contributed by atoms with Crippen molar-refractivity contribution < 1.29 is 27.6 Å². The Morgan fingerprint density at radius 2 is 1.77 bits per heavy atom. The Bertz CT molecular complexity index is 2580. The molecule has 1 aliphatic rings. The molecule has 6 aromatic rings. The van der Waals surface area contributed by atoms with Gasteiger partial charge in [0.25, 0.3) is 5.91 Å². The van der Waals surface area contributed by atoms with E-state index in [4.69, 9.17) is 0 Å². The SMILES string of the molecule is Cn1c(=O)n(C)c2c(C(F)(F)F)nc(-c3cccc4cc(-c5ccc(C(=O)NCC#Cc6cccc(NC7CCC(=O)NC7=O)c6)nc5)ncc34)cc21. The van der Waals surface area contributed by atoms with Crippen molar-refractivity contribution in [2.75, 3.05) is 11.9 Å². The lowest BCUT2D eigenvalue weighted by molar-refractivity contribution is -0.140. The number of anilines is 1. The molecule has 1 fully saturated rings. The summed E-state index contributed by atoms with van der Waals surface area (Å²) in [6.07, 6.45) is -1.09. The molecular formula is C38H29F3N8O4. The molecule has 1 atom stereocenters. The van der Waals surface area contributed by atoms with E-state index in [1.165, 1.54) is 26.4 Å². The molecule has 4 aromatic heterocycles. The van der Waals surface area contributed by atoms with Gasteiger partial charge in [-0.05, 0) is 54.3 Å². The first-order valence-electron chi connectivity index (χ1n) is 16.3. The summed E-state index contributed by atoms with van der Waals surface area (Å²) in [4.78, 5) is 61.5. The highest BCUT2D eigenvalue weighted by Gasteiger charge is 2.37. The van der Waals surface area contributed by atoms with Gasteiger partial charge in [-0.1, -0.05) is 36.1 Å². The van der Waals surface area contributed by atoms with Crippen LogP contribution in [0.3, 0.4) is 0 Å². The number of carbonyl (C=O) groups excluding carboxylic acids is 3. The first kappa shape index (κ1) is 34.6. The van der Waals surface area contributed by atoms with Crippen LogP contribution < -0.4 is 21.6 Å². The van der Waals surface area contributed by atoms with Gasteiger partial charge in [-0.3, -0.25) is 38.8 Å². The molecule has 2 aromatic carbocycles. The molecule has 0 bridgehead atoms. The minimum atomic E-state index is -4.80. The number of imidazole rings is 1. The number of amides is 3. The van der Waals surface area contributed by atoms with Crippen LogP contribution in [0.2, 0.25) is 0 Å². The fourth-order valence-corrected chi connectivity index (χ4v) is 6.18. The van der Waals surface area contributed by atoms with Crippen molar-refractivity contribution in [1.82, 2.24) is 34.7 Å². The zero-order valence-corrected chi connectivity index (χ0v) is 28.2. The first-order chi connectivity index (χ1) is 25.4. The minimum absolute atomic E-state index is 0.0446. The monoisotopic (exact) mass is 718 g/mol. The van der Waals surface area contributed by atoms with Crippen LogP contribution in [-0.4, -0.2) is 54.4 Å². The molecule has 5 heterocycles. The van der Waals surface area contributed by atoms with E-state index in [-0.39, 0.29) is 47.2 Å². The Hall–Kier alpha value is -6.82. The lowest BCUT2D eigenvalue weighted by Gasteiger charge is -2.22. The predicted molar refractivity (Wildman–Crippen MR) is 190 cm³/mol. The lowest BCUT2D eigenvalue weighted by Crippen LogP contribution is -2.47. The van der Waals surface area contributed by atoms with Crippen LogP contribution in [0.4, 0.5) is 18.9 Å². The van der Waals surface area contributed by atoms with Crippen LogP contribution in [0.5, 0.6) is 0 Å². The van der Waals surface area contributed by atoms with Crippen molar-refractivity contribution in [3.63, 3.8) is 0 Å². The number of hydrogen-bond acceptors (Lipinski definition) is 8. The number of fused-ring (bicyclic) bond motifs is 2. The largest absolute Gasteiger partial charge is 0.435 e. The number of hydrogen-bond donors (Lipinski definition) is 3. The summed E-state index contributed by atoms with van der Waals surface area (Å²) in [5, 5.41) is 9.37. The van der Waals surface area contributed by atoms with Crippen molar-refractivity contribution in [3.8, 4) is 34.4 Å². The summed E-state index contributed by atoms with van der Waals surface area (Å²) in [6, 6.07) is 18.2. The second kappa shape index (κ2) is 13.7. The molecule has 266 valence electrons. The molecule has 53 heavy (non-hydrogen) atoms. The number of rotatable bonds is 6. The summed E-state index contributed by atoms with van der Waals surface area (Å²) in [5.74, 6) is 4.77. The zero-order valence-electron chi connectivity index (χ0n) is 28.2. The van der Waals surface area contributed by atoms with E-state index in [1.807, 2.05) is 0 Å². The van der Waals surface area contributed by atoms with Crippen molar-refractivity contribution in [2.45, 2.75) is 25.1 Å². The summed E-state index contributed by atoms with van der Waals surface area (Å²) >= 11 is 0. The minimum Gasteiger partial charge on any atom is -0.374 e. The highest BCUT2D eigenvalue weighted by Crippen LogP contribution is 2.37. The van der Waals surface area contributed by atoms with Gasteiger partial charge in [0.2, 0.25) is 11.8 Å². The van der Waals surface area contributed by atoms with Gasteiger partial charge in [0.15, 0.2) is 5.69 Å². The Morgan fingerprint density at radius 3 is 2.53 bits per heavy atom. The number of benzene rings is 2. The van der Waals surface area contributed by atoms with Crippen LogP contribution in [0.15, 0.2) is 83.9 Å².